The fourth-order valence-electron chi connectivity index (χ4n) is 1.58. The Morgan fingerprint density at radius 2 is 1.84 bits per heavy atom. The van der Waals surface area contributed by atoms with Gasteiger partial charge in [-0.15, -0.1) is 0 Å². The minimum absolute atomic E-state index is 0.123. The Bertz CT molecular complexity index is 518. The molecule has 0 heterocycles. The molecule has 0 spiro atoms. The summed E-state index contributed by atoms with van der Waals surface area (Å²) in [4.78, 5) is 10.8. The molecule has 0 N–H and O–H groups in total. The lowest BCUT2D eigenvalue weighted by Gasteiger charge is -2.12. The summed E-state index contributed by atoms with van der Waals surface area (Å²) in [5.74, 6) is -0.321. The largest absolute Gasteiger partial charge is 0.458 e. The van der Waals surface area contributed by atoms with Crippen molar-refractivity contribution in [1.82, 2.24) is 0 Å². The highest BCUT2D eigenvalue weighted by atomic mass is 32.2. The molecule has 0 aromatic heterocycles. The number of ether oxygens (including phenoxy) is 1. The van der Waals surface area contributed by atoms with Crippen LogP contribution in [0.4, 0.5) is 0 Å². The number of carbonyl (C=O) groups is 1. The third kappa shape index (κ3) is 6.35. The van der Waals surface area contributed by atoms with Crippen LogP contribution in [0.3, 0.4) is 0 Å². The van der Waals surface area contributed by atoms with Crippen LogP contribution in [0.25, 0.3) is 0 Å². The van der Waals surface area contributed by atoms with Gasteiger partial charge in [-0.3, -0.25) is 8.98 Å². The zero-order chi connectivity index (χ0) is 14.5. The second-order valence-electron chi connectivity index (χ2n) is 4.27. The predicted octanol–water partition coefficient (Wildman–Crippen LogP) is 1.83. The lowest BCUT2D eigenvalue weighted by molar-refractivity contribution is -0.145. The lowest BCUT2D eigenvalue weighted by atomic mass is 10.1. The monoisotopic (exact) mass is 286 g/mol. The fourth-order valence-corrected chi connectivity index (χ4v) is 1.97. The van der Waals surface area contributed by atoms with Crippen molar-refractivity contribution in [2.45, 2.75) is 26.4 Å². The molecular weight excluding hydrogens is 268 g/mol. The fraction of sp³-hybridized carbons (Fsp3) is 0.462. The van der Waals surface area contributed by atoms with Gasteiger partial charge in [-0.1, -0.05) is 24.3 Å². The van der Waals surface area contributed by atoms with E-state index in [1.54, 1.807) is 6.92 Å². The van der Waals surface area contributed by atoms with Gasteiger partial charge in [0.25, 0.3) is 10.1 Å². The van der Waals surface area contributed by atoms with Crippen LogP contribution in [0.5, 0.6) is 0 Å². The Morgan fingerprint density at radius 1 is 1.26 bits per heavy atom. The molecule has 1 aromatic carbocycles. The van der Waals surface area contributed by atoms with Crippen molar-refractivity contribution in [3.63, 3.8) is 0 Å². The normalized spacial score (nSPS) is 13.0. The summed E-state index contributed by atoms with van der Waals surface area (Å²) < 4.78 is 31.3. The summed E-state index contributed by atoms with van der Waals surface area (Å²) in [5, 5.41) is 0. The van der Waals surface area contributed by atoms with E-state index in [1.807, 2.05) is 24.3 Å². The molecule has 0 bridgehead atoms. The van der Waals surface area contributed by atoms with E-state index in [0.717, 1.165) is 17.4 Å². The molecule has 1 rings (SSSR count). The SMILES string of the molecule is CC(=O)OC(C)c1ccc(CCOS(C)(=O)=O)cc1. The molecule has 1 atom stereocenters. The summed E-state index contributed by atoms with van der Waals surface area (Å²) in [7, 11) is -3.39. The first-order valence-corrected chi connectivity index (χ1v) is 7.70. The van der Waals surface area contributed by atoms with Crippen molar-refractivity contribution in [3.05, 3.63) is 35.4 Å². The number of hydrogen-bond acceptors (Lipinski definition) is 5. The number of carbonyl (C=O) groups excluding carboxylic acids is 1. The second kappa shape index (κ2) is 6.68. The number of rotatable bonds is 6. The maximum absolute atomic E-state index is 10.8. The Kier molecular flexibility index (Phi) is 5.50. The molecule has 1 aromatic rings. The molecular formula is C13H18O5S. The Hall–Kier alpha value is -1.40. The molecule has 0 saturated carbocycles. The van der Waals surface area contributed by atoms with Gasteiger partial charge in [0.2, 0.25) is 0 Å². The highest BCUT2D eigenvalue weighted by Crippen LogP contribution is 2.17. The minimum atomic E-state index is -3.39. The summed E-state index contributed by atoms with van der Waals surface area (Å²) in [5.41, 5.74) is 1.85. The minimum Gasteiger partial charge on any atom is -0.458 e. The van der Waals surface area contributed by atoms with E-state index in [2.05, 4.69) is 4.18 Å². The highest BCUT2D eigenvalue weighted by Gasteiger charge is 2.08. The van der Waals surface area contributed by atoms with E-state index in [9.17, 15) is 13.2 Å². The van der Waals surface area contributed by atoms with Crippen LogP contribution in [0, 0.1) is 0 Å². The van der Waals surface area contributed by atoms with Crippen molar-refractivity contribution in [2.75, 3.05) is 12.9 Å². The molecule has 0 fully saturated rings. The molecule has 106 valence electrons. The molecule has 0 aliphatic heterocycles. The molecule has 0 amide bonds. The van der Waals surface area contributed by atoms with Gasteiger partial charge in [0.1, 0.15) is 6.10 Å². The van der Waals surface area contributed by atoms with Crippen molar-refractivity contribution >= 4 is 16.1 Å². The Balaban J connectivity index is 2.54. The van der Waals surface area contributed by atoms with Gasteiger partial charge in [-0.05, 0) is 24.5 Å². The maximum Gasteiger partial charge on any atom is 0.303 e. The topological polar surface area (TPSA) is 69.7 Å². The quantitative estimate of drug-likeness (QED) is 0.589. The number of hydrogen-bond donors (Lipinski definition) is 0. The molecule has 0 radical (unpaired) electrons. The first kappa shape index (κ1) is 15.7. The molecule has 0 saturated heterocycles. The van der Waals surface area contributed by atoms with Gasteiger partial charge in [-0.2, -0.15) is 8.42 Å². The van der Waals surface area contributed by atoms with Gasteiger partial charge >= 0.3 is 5.97 Å². The summed E-state index contributed by atoms with van der Waals surface area (Å²) >= 11 is 0. The van der Waals surface area contributed by atoms with Gasteiger partial charge in [0.15, 0.2) is 0 Å². The molecule has 1 unspecified atom stereocenters. The smallest absolute Gasteiger partial charge is 0.303 e. The average molecular weight is 286 g/mol. The Morgan fingerprint density at radius 3 is 2.32 bits per heavy atom. The van der Waals surface area contributed by atoms with E-state index in [-0.39, 0.29) is 18.7 Å². The zero-order valence-corrected chi connectivity index (χ0v) is 12.1. The first-order chi connectivity index (χ1) is 8.78. The highest BCUT2D eigenvalue weighted by molar-refractivity contribution is 7.85. The molecule has 6 heteroatoms. The van der Waals surface area contributed by atoms with Gasteiger partial charge < -0.3 is 4.74 Å². The maximum atomic E-state index is 10.8. The standard InChI is InChI=1S/C13H18O5S/c1-10(18-11(2)14)13-6-4-12(5-7-13)8-9-17-19(3,15)16/h4-7,10H,8-9H2,1-3H3. The molecule has 19 heavy (non-hydrogen) atoms. The van der Waals surface area contributed by atoms with Gasteiger partial charge in [0, 0.05) is 6.92 Å². The van der Waals surface area contributed by atoms with Crippen LogP contribution in [0.2, 0.25) is 0 Å². The van der Waals surface area contributed by atoms with E-state index >= 15 is 0 Å². The zero-order valence-electron chi connectivity index (χ0n) is 11.3. The molecule has 0 aliphatic rings. The first-order valence-electron chi connectivity index (χ1n) is 5.88. The van der Waals surface area contributed by atoms with E-state index < -0.39 is 10.1 Å². The van der Waals surface area contributed by atoms with E-state index in [4.69, 9.17) is 4.74 Å². The third-order valence-electron chi connectivity index (χ3n) is 2.48. The van der Waals surface area contributed by atoms with Crippen molar-refractivity contribution < 1.29 is 22.1 Å². The summed E-state index contributed by atoms with van der Waals surface area (Å²) in [6.45, 7) is 3.29. The van der Waals surface area contributed by atoms with Crippen molar-refractivity contribution in [1.29, 1.82) is 0 Å². The summed E-state index contributed by atoms with van der Waals surface area (Å²) in [6, 6.07) is 7.43. The van der Waals surface area contributed by atoms with Crippen molar-refractivity contribution in [3.8, 4) is 0 Å². The van der Waals surface area contributed by atoms with Crippen LogP contribution < -0.4 is 0 Å². The third-order valence-corrected chi connectivity index (χ3v) is 3.07. The van der Waals surface area contributed by atoms with E-state index in [0.29, 0.717) is 6.42 Å². The average Bonchev–Trinajstić information content (AvgIpc) is 2.27. The second-order valence-corrected chi connectivity index (χ2v) is 5.91. The van der Waals surface area contributed by atoms with Crippen LogP contribution in [0.1, 0.15) is 31.1 Å². The number of benzene rings is 1. The van der Waals surface area contributed by atoms with E-state index in [1.165, 1.54) is 6.92 Å². The molecule has 0 aliphatic carbocycles. The molecule has 5 nitrogen and oxygen atoms in total. The van der Waals surface area contributed by atoms with Gasteiger partial charge in [0.05, 0.1) is 12.9 Å². The van der Waals surface area contributed by atoms with Crippen LogP contribution in [0.15, 0.2) is 24.3 Å². The number of esters is 1. The predicted molar refractivity (Wildman–Crippen MR) is 71.1 cm³/mol. The summed E-state index contributed by atoms with van der Waals surface area (Å²) in [6.07, 6.45) is 1.24. The Labute approximate surface area is 113 Å². The van der Waals surface area contributed by atoms with Crippen molar-refractivity contribution in [2.24, 2.45) is 0 Å². The lowest BCUT2D eigenvalue weighted by Crippen LogP contribution is -2.07. The van der Waals surface area contributed by atoms with Crippen LogP contribution >= 0.6 is 0 Å². The van der Waals surface area contributed by atoms with Crippen LogP contribution in [-0.2, 0) is 30.3 Å². The van der Waals surface area contributed by atoms with Gasteiger partial charge in [-0.25, -0.2) is 0 Å². The van der Waals surface area contributed by atoms with Crippen LogP contribution in [-0.4, -0.2) is 27.2 Å².